The van der Waals surface area contributed by atoms with E-state index in [4.69, 9.17) is 27.9 Å². The summed E-state index contributed by atoms with van der Waals surface area (Å²) in [5.74, 6) is 0.652. The molecule has 1 aromatic rings. The third-order valence-electron chi connectivity index (χ3n) is 1.88. The third-order valence-corrected chi connectivity index (χ3v) is 2.38. The molecular weight excluding hydrogens is 249 g/mol. The van der Waals surface area contributed by atoms with Gasteiger partial charge in [-0.2, -0.15) is 0 Å². The Hall–Kier alpha value is -0.550. The average Bonchev–Trinajstić information content (AvgIpc) is 2.26. The first-order valence-corrected chi connectivity index (χ1v) is 5.74. The van der Waals surface area contributed by atoms with Crippen LogP contribution in [-0.4, -0.2) is 38.3 Å². The summed E-state index contributed by atoms with van der Waals surface area (Å²) in [6, 6.07) is 1.66. The molecule has 16 heavy (non-hydrogen) atoms. The van der Waals surface area contributed by atoms with Crippen LogP contribution in [-0.2, 0) is 4.74 Å². The Morgan fingerprint density at radius 3 is 2.81 bits per heavy atom. The van der Waals surface area contributed by atoms with Crippen LogP contribution in [0, 0.1) is 0 Å². The van der Waals surface area contributed by atoms with Gasteiger partial charge in [-0.25, -0.2) is 4.98 Å². The first kappa shape index (κ1) is 13.5. The van der Waals surface area contributed by atoms with Crippen LogP contribution in [0.15, 0.2) is 12.3 Å². The summed E-state index contributed by atoms with van der Waals surface area (Å²) in [5, 5.41) is 7.38. The summed E-state index contributed by atoms with van der Waals surface area (Å²) in [6.07, 6.45) is 1.56. The van der Waals surface area contributed by atoms with Crippen molar-refractivity contribution in [1.82, 2.24) is 10.3 Å². The molecule has 6 heteroatoms. The van der Waals surface area contributed by atoms with Crippen molar-refractivity contribution in [3.8, 4) is 0 Å². The molecule has 1 aromatic heterocycles. The second kappa shape index (κ2) is 7.68. The van der Waals surface area contributed by atoms with E-state index in [0.717, 1.165) is 19.6 Å². The molecule has 0 saturated carbocycles. The quantitative estimate of drug-likeness (QED) is 0.740. The van der Waals surface area contributed by atoms with Crippen LogP contribution in [0.1, 0.15) is 0 Å². The maximum absolute atomic E-state index is 5.94. The second-order valence-electron chi connectivity index (χ2n) is 3.15. The first-order chi connectivity index (χ1) is 7.74. The van der Waals surface area contributed by atoms with Gasteiger partial charge in [-0.1, -0.05) is 23.2 Å². The molecule has 4 nitrogen and oxygen atoms in total. The number of methoxy groups -OCH3 is 1. The standard InChI is InChI=1S/C10H15Cl2N3O/c1-16-5-4-13-2-3-14-10-9(12)6-8(11)7-15-10/h6-7,13H,2-5H2,1H3,(H,14,15). The second-order valence-corrected chi connectivity index (χ2v) is 4.00. The normalized spacial score (nSPS) is 10.4. The van der Waals surface area contributed by atoms with Crippen molar-refractivity contribution < 1.29 is 4.74 Å². The van der Waals surface area contributed by atoms with Gasteiger partial charge in [0.15, 0.2) is 0 Å². The van der Waals surface area contributed by atoms with E-state index >= 15 is 0 Å². The highest BCUT2D eigenvalue weighted by atomic mass is 35.5. The summed E-state index contributed by atoms with van der Waals surface area (Å²) in [5.41, 5.74) is 0. The fourth-order valence-electron chi connectivity index (χ4n) is 1.11. The van der Waals surface area contributed by atoms with E-state index in [-0.39, 0.29) is 0 Å². The summed E-state index contributed by atoms with van der Waals surface area (Å²) < 4.78 is 4.91. The zero-order valence-corrected chi connectivity index (χ0v) is 10.6. The monoisotopic (exact) mass is 263 g/mol. The molecule has 0 aromatic carbocycles. The van der Waals surface area contributed by atoms with Gasteiger partial charge in [0.25, 0.3) is 0 Å². The van der Waals surface area contributed by atoms with E-state index in [2.05, 4.69) is 15.6 Å². The molecule has 0 aliphatic heterocycles. The van der Waals surface area contributed by atoms with Gasteiger partial charge in [-0.15, -0.1) is 0 Å². The number of nitrogens with zero attached hydrogens (tertiary/aromatic N) is 1. The molecule has 2 N–H and O–H groups in total. The smallest absolute Gasteiger partial charge is 0.144 e. The molecule has 0 saturated heterocycles. The van der Waals surface area contributed by atoms with Gasteiger partial charge in [-0.3, -0.25) is 0 Å². The average molecular weight is 264 g/mol. The Balaban J connectivity index is 2.21. The Bertz CT molecular complexity index is 323. The number of rotatable bonds is 7. The Kier molecular flexibility index (Phi) is 6.49. The van der Waals surface area contributed by atoms with E-state index in [1.165, 1.54) is 0 Å². The molecule has 0 unspecified atom stereocenters. The highest BCUT2D eigenvalue weighted by Crippen LogP contribution is 2.21. The molecule has 0 bridgehead atoms. The minimum atomic E-state index is 0.532. The van der Waals surface area contributed by atoms with Crippen LogP contribution in [0.5, 0.6) is 0 Å². The highest BCUT2D eigenvalue weighted by Gasteiger charge is 2.01. The number of aromatic nitrogens is 1. The molecule has 0 amide bonds. The van der Waals surface area contributed by atoms with Crippen molar-refractivity contribution in [3.05, 3.63) is 22.3 Å². The lowest BCUT2D eigenvalue weighted by atomic mass is 10.4. The Labute approximate surface area is 105 Å². The van der Waals surface area contributed by atoms with Crippen molar-refractivity contribution in [2.75, 3.05) is 38.7 Å². The Morgan fingerprint density at radius 1 is 1.31 bits per heavy atom. The SMILES string of the molecule is COCCNCCNc1ncc(Cl)cc1Cl. The lowest BCUT2D eigenvalue weighted by Gasteiger charge is -2.08. The number of hydrogen-bond donors (Lipinski definition) is 2. The molecule has 0 fully saturated rings. The predicted octanol–water partition coefficient (Wildman–Crippen LogP) is 2.04. The number of anilines is 1. The number of halogens is 2. The fraction of sp³-hybridized carbons (Fsp3) is 0.500. The molecule has 90 valence electrons. The summed E-state index contributed by atoms with van der Waals surface area (Å²) >= 11 is 11.7. The van der Waals surface area contributed by atoms with Crippen molar-refractivity contribution in [1.29, 1.82) is 0 Å². The van der Waals surface area contributed by atoms with Gasteiger partial charge in [0, 0.05) is 32.9 Å². The maximum atomic E-state index is 5.94. The summed E-state index contributed by atoms with van der Waals surface area (Å²) in [6.45, 7) is 3.11. The van der Waals surface area contributed by atoms with Crippen molar-refractivity contribution in [2.24, 2.45) is 0 Å². The van der Waals surface area contributed by atoms with Gasteiger partial charge in [0.1, 0.15) is 5.82 Å². The van der Waals surface area contributed by atoms with Gasteiger partial charge in [-0.05, 0) is 6.07 Å². The lowest BCUT2D eigenvalue weighted by molar-refractivity contribution is 0.200. The minimum Gasteiger partial charge on any atom is -0.383 e. The highest BCUT2D eigenvalue weighted by molar-refractivity contribution is 6.35. The molecule has 0 aliphatic rings. The lowest BCUT2D eigenvalue weighted by Crippen LogP contribution is -2.25. The van der Waals surface area contributed by atoms with Crippen LogP contribution in [0.2, 0.25) is 10.0 Å². The first-order valence-electron chi connectivity index (χ1n) is 4.98. The molecule has 0 aliphatic carbocycles. The Morgan fingerprint density at radius 2 is 2.12 bits per heavy atom. The van der Waals surface area contributed by atoms with Crippen LogP contribution in [0.25, 0.3) is 0 Å². The molecule has 0 atom stereocenters. The van der Waals surface area contributed by atoms with Gasteiger partial charge < -0.3 is 15.4 Å². The van der Waals surface area contributed by atoms with Gasteiger partial charge in [0.2, 0.25) is 0 Å². The van der Waals surface area contributed by atoms with Crippen LogP contribution in [0.4, 0.5) is 5.82 Å². The molecular formula is C10H15Cl2N3O. The van der Waals surface area contributed by atoms with Gasteiger partial charge in [0.05, 0.1) is 16.7 Å². The minimum absolute atomic E-state index is 0.532. The third kappa shape index (κ3) is 4.99. The molecule has 0 spiro atoms. The number of hydrogen-bond acceptors (Lipinski definition) is 4. The van der Waals surface area contributed by atoms with Crippen LogP contribution in [0.3, 0.4) is 0 Å². The topological polar surface area (TPSA) is 46.2 Å². The zero-order chi connectivity index (χ0) is 11.8. The van der Waals surface area contributed by atoms with E-state index in [1.807, 2.05) is 0 Å². The van der Waals surface area contributed by atoms with E-state index < -0.39 is 0 Å². The molecule has 1 heterocycles. The zero-order valence-electron chi connectivity index (χ0n) is 9.09. The fourth-order valence-corrected chi connectivity index (χ4v) is 1.56. The molecule has 1 rings (SSSR count). The summed E-state index contributed by atoms with van der Waals surface area (Å²) in [7, 11) is 1.68. The van der Waals surface area contributed by atoms with Crippen molar-refractivity contribution in [3.63, 3.8) is 0 Å². The number of pyridine rings is 1. The summed E-state index contributed by atoms with van der Waals surface area (Å²) in [4.78, 5) is 4.08. The van der Waals surface area contributed by atoms with E-state index in [1.54, 1.807) is 19.4 Å². The van der Waals surface area contributed by atoms with E-state index in [0.29, 0.717) is 22.5 Å². The maximum Gasteiger partial charge on any atom is 0.144 e. The largest absolute Gasteiger partial charge is 0.383 e. The molecule has 0 radical (unpaired) electrons. The van der Waals surface area contributed by atoms with Crippen LogP contribution < -0.4 is 10.6 Å². The van der Waals surface area contributed by atoms with Crippen molar-refractivity contribution in [2.45, 2.75) is 0 Å². The number of nitrogens with one attached hydrogen (secondary N) is 2. The van der Waals surface area contributed by atoms with E-state index in [9.17, 15) is 0 Å². The van der Waals surface area contributed by atoms with Crippen molar-refractivity contribution >= 4 is 29.0 Å². The van der Waals surface area contributed by atoms with Gasteiger partial charge >= 0.3 is 0 Å². The van der Waals surface area contributed by atoms with Crippen LogP contribution >= 0.6 is 23.2 Å². The predicted molar refractivity (Wildman–Crippen MR) is 67.5 cm³/mol. The number of ether oxygens (including phenoxy) is 1.